The van der Waals surface area contributed by atoms with Crippen LogP contribution < -0.4 is 5.32 Å². The van der Waals surface area contributed by atoms with Crippen LogP contribution in [-0.2, 0) is 20.0 Å². The van der Waals surface area contributed by atoms with Crippen LogP contribution >= 0.6 is 11.6 Å². The number of nitrogens with zero attached hydrogens (tertiary/aromatic N) is 2. The molecule has 0 atom stereocenters. The Morgan fingerprint density at radius 2 is 1.62 bits per heavy atom. The summed E-state index contributed by atoms with van der Waals surface area (Å²) in [5, 5.41) is 2.70. The number of nitrogens with one attached hydrogen (secondary N) is 1. The molecule has 1 amide bonds. The second kappa shape index (κ2) is 10.7. The van der Waals surface area contributed by atoms with Gasteiger partial charge >= 0.3 is 0 Å². The van der Waals surface area contributed by atoms with Crippen LogP contribution in [0.4, 0.5) is 5.69 Å². The highest BCUT2D eigenvalue weighted by molar-refractivity contribution is 7.89. The van der Waals surface area contributed by atoms with E-state index in [9.17, 15) is 21.6 Å². The van der Waals surface area contributed by atoms with Crippen molar-refractivity contribution in [2.24, 2.45) is 0 Å². The zero-order valence-corrected chi connectivity index (χ0v) is 21.9. The van der Waals surface area contributed by atoms with Crippen molar-refractivity contribution in [2.45, 2.75) is 49.8 Å². The fraction of sp³-hybridized carbons (Fsp3) is 0.435. The van der Waals surface area contributed by atoms with Gasteiger partial charge in [-0.3, -0.25) is 4.79 Å². The minimum absolute atomic E-state index is 0.0219. The van der Waals surface area contributed by atoms with Crippen LogP contribution in [0.5, 0.6) is 0 Å². The first-order valence-corrected chi connectivity index (χ1v) is 14.5. The van der Waals surface area contributed by atoms with Gasteiger partial charge in [-0.1, -0.05) is 37.9 Å². The highest BCUT2D eigenvalue weighted by Crippen LogP contribution is 2.28. The molecular formula is C23H30ClN3O5S2. The maximum atomic E-state index is 13.2. The number of benzene rings is 2. The van der Waals surface area contributed by atoms with E-state index in [0.717, 1.165) is 19.3 Å². The Balaban J connectivity index is 1.90. The van der Waals surface area contributed by atoms with Gasteiger partial charge in [0.1, 0.15) is 4.90 Å². The summed E-state index contributed by atoms with van der Waals surface area (Å²) in [6.45, 7) is 6.65. The molecule has 34 heavy (non-hydrogen) atoms. The molecule has 1 aliphatic rings. The molecule has 0 aromatic heterocycles. The number of hydrogen-bond donors (Lipinski definition) is 1. The first kappa shape index (κ1) is 26.6. The summed E-state index contributed by atoms with van der Waals surface area (Å²) >= 11 is 6.16. The molecule has 1 aliphatic heterocycles. The standard InChI is InChI=1S/C23H30ClN3O5S2/c1-4-26(5-2)34(31,32)22-15-18(10-12-20(22)24)23(28)25-19-11-9-17(3)21(16-19)33(29,30)27-13-7-6-8-14-27/h9-12,15-16H,4-8,13-14H2,1-3H3,(H,25,28). The third kappa shape index (κ3) is 5.46. The van der Waals surface area contributed by atoms with Gasteiger partial charge in [0.15, 0.2) is 0 Å². The van der Waals surface area contributed by atoms with E-state index in [4.69, 9.17) is 11.6 Å². The van der Waals surface area contributed by atoms with E-state index < -0.39 is 26.0 Å². The molecule has 0 aliphatic carbocycles. The Hall–Kier alpha value is -1.98. The van der Waals surface area contributed by atoms with Crippen molar-refractivity contribution in [1.82, 2.24) is 8.61 Å². The van der Waals surface area contributed by atoms with Crippen LogP contribution in [0.1, 0.15) is 49.0 Å². The number of piperidine rings is 1. The summed E-state index contributed by atoms with van der Waals surface area (Å²) < 4.78 is 54.9. The number of aryl methyl sites for hydroxylation is 1. The van der Waals surface area contributed by atoms with Gasteiger partial charge in [-0.2, -0.15) is 8.61 Å². The zero-order valence-electron chi connectivity index (χ0n) is 19.5. The zero-order chi connectivity index (χ0) is 25.1. The molecular weight excluding hydrogens is 498 g/mol. The number of anilines is 1. The van der Waals surface area contributed by atoms with E-state index in [1.807, 2.05) is 0 Å². The molecule has 0 saturated carbocycles. The molecule has 11 heteroatoms. The minimum atomic E-state index is -3.87. The second-order valence-corrected chi connectivity index (χ2v) is 12.4. The lowest BCUT2D eigenvalue weighted by Crippen LogP contribution is -2.36. The van der Waals surface area contributed by atoms with E-state index >= 15 is 0 Å². The fourth-order valence-electron chi connectivity index (χ4n) is 3.95. The van der Waals surface area contributed by atoms with Crippen LogP contribution in [0, 0.1) is 6.92 Å². The maximum absolute atomic E-state index is 13.2. The van der Waals surface area contributed by atoms with E-state index in [-0.39, 0.29) is 33.5 Å². The quantitative estimate of drug-likeness (QED) is 0.556. The first-order valence-electron chi connectivity index (χ1n) is 11.2. The van der Waals surface area contributed by atoms with Crippen molar-refractivity contribution in [3.63, 3.8) is 0 Å². The predicted molar refractivity (Wildman–Crippen MR) is 133 cm³/mol. The second-order valence-electron chi connectivity index (χ2n) is 8.13. The largest absolute Gasteiger partial charge is 0.322 e. The molecule has 2 aromatic rings. The summed E-state index contributed by atoms with van der Waals surface area (Å²) in [6.07, 6.45) is 2.65. The van der Waals surface area contributed by atoms with Crippen molar-refractivity contribution in [2.75, 3.05) is 31.5 Å². The number of carbonyl (C=O) groups is 1. The Morgan fingerprint density at radius 3 is 2.24 bits per heavy atom. The third-order valence-corrected chi connectivity index (χ3v) is 10.5. The van der Waals surface area contributed by atoms with E-state index in [2.05, 4.69) is 5.32 Å². The summed E-state index contributed by atoms with van der Waals surface area (Å²) in [7, 11) is -7.55. The van der Waals surface area contributed by atoms with Gasteiger partial charge in [0.2, 0.25) is 20.0 Å². The molecule has 1 N–H and O–H groups in total. The van der Waals surface area contributed by atoms with Crippen molar-refractivity contribution in [3.05, 3.63) is 52.5 Å². The normalized spacial score (nSPS) is 15.4. The van der Waals surface area contributed by atoms with Gasteiger partial charge in [0, 0.05) is 37.4 Å². The molecule has 0 unspecified atom stereocenters. The molecule has 3 rings (SSSR count). The van der Waals surface area contributed by atoms with Crippen LogP contribution in [0.25, 0.3) is 0 Å². The van der Waals surface area contributed by atoms with Crippen molar-refractivity contribution >= 4 is 43.2 Å². The molecule has 2 aromatic carbocycles. The van der Waals surface area contributed by atoms with E-state index in [1.54, 1.807) is 32.9 Å². The van der Waals surface area contributed by atoms with Gasteiger partial charge in [-0.05, 0) is 55.7 Å². The van der Waals surface area contributed by atoms with Crippen LogP contribution in [0.2, 0.25) is 5.02 Å². The number of amides is 1. The smallest absolute Gasteiger partial charge is 0.255 e. The molecule has 186 valence electrons. The lowest BCUT2D eigenvalue weighted by Gasteiger charge is -2.26. The van der Waals surface area contributed by atoms with Crippen molar-refractivity contribution < 1.29 is 21.6 Å². The van der Waals surface area contributed by atoms with E-state index in [0.29, 0.717) is 24.3 Å². The number of carbonyl (C=O) groups excluding carboxylic acids is 1. The maximum Gasteiger partial charge on any atom is 0.255 e. The molecule has 0 bridgehead atoms. The van der Waals surface area contributed by atoms with Crippen LogP contribution in [0.15, 0.2) is 46.2 Å². The Labute approximate surface area is 207 Å². The first-order chi connectivity index (χ1) is 16.0. The highest BCUT2D eigenvalue weighted by Gasteiger charge is 2.28. The monoisotopic (exact) mass is 527 g/mol. The van der Waals surface area contributed by atoms with Crippen LogP contribution in [0.3, 0.4) is 0 Å². The summed E-state index contributed by atoms with van der Waals surface area (Å²) in [5.41, 5.74) is 0.980. The van der Waals surface area contributed by atoms with Crippen LogP contribution in [-0.4, -0.2) is 57.5 Å². The molecule has 0 spiro atoms. The van der Waals surface area contributed by atoms with Gasteiger partial charge < -0.3 is 5.32 Å². The third-order valence-electron chi connectivity index (χ3n) is 5.90. The molecule has 1 fully saturated rings. The summed E-state index contributed by atoms with van der Waals surface area (Å²) in [6, 6.07) is 8.74. The molecule has 1 saturated heterocycles. The number of sulfonamides is 2. The topological polar surface area (TPSA) is 104 Å². The molecule has 0 radical (unpaired) electrons. The number of halogens is 1. The lowest BCUT2D eigenvalue weighted by molar-refractivity contribution is 0.102. The fourth-order valence-corrected chi connectivity index (χ4v) is 7.67. The summed E-state index contributed by atoms with van der Waals surface area (Å²) in [5.74, 6) is -0.571. The highest BCUT2D eigenvalue weighted by atomic mass is 35.5. The number of rotatable bonds is 8. The van der Waals surface area contributed by atoms with Gasteiger partial charge in [-0.15, -0.1) is 0 Å². The van der Waals surface area contributed by atoms with Crippen molar-refractivity contribution in [3.8, 4) is 0 Å². The Morgan fingerprint density at radius 1 is 0.971 bits per heavy atom. The average Bonchev–Trinajstić information content (AvgIpc) is 2.81. The van der Waals surface area contributed by atoms with E-state index in [1.165, 1.54) is 32.9 Å². The SMILES string of the molecule is CCN(CC)S(=O)(=O)c1cc(C(=O)Nc2ccc(C)c(S(=O)(=O)N3CCCCC3)c2)ccc1Cl. The summed E-state index contributed by atoms with van der Waals surface area (Å²) in [4.78, 5) is 12.9. The Kier molecular flexibility index (Phi) is 8.41. The van der Waals surface area contributed by atoms with Gasteiger partial charge in [0.05, 0.1) is 9.92 Å². The average molecular weight is 528 g/mol. The minimum Gasteiger partial charge on any atom is -0.322 e. The van der Waals surface area contributed by atoms with Gasteiger partial charge in [-0.25, -0.2) is 16.8 Å². The lowest BCUT2D eigenvalue weighted by atomic mass is 10.2. The van der Waals surface area contributed by atoms with Crippen molar-refractivity contribution in [1.29, 1.82) is 0 Å². The molecule has 1 heterocycles. The molecule has 8 nitrogen and oxygen atoms in total. The Bertz CT molecular complexity index is 1270. The predicted octanol–water partition coefficient (Wildman–Crippen LogP) is 4.11. The number of hydrogen-bond acceptors (Lipinski definition) is 5. The van der Waals surface area contributed by atoms with Gasteiger partial charge in [0.25, 0.3) is 5.91 Å².